The van der Waals surface area contributed by atoms with Crippen LogP contribution in [0.25, 0.3) is 0 Å². The summed E-state index contributed by atoms with van der Waals surface area (Å²) in [5.41, 5.74) is 6.02. The molecule has 2 aliphatic rings. The predicted octanol–water partition coefficient (Wildman–Crippen LogP) is 0.000400. The van der Waals surface area contributed by atoms with Crippen molar-refractivity contribution in [3.63, 3.8) is 0 Å². The van der Waals surface area contributed by atoms with Crippen molar-refractivity contribution in [2.45, 2.75) is 11.4 Å². The van der Waals surface area contributed by atoms with E-state index in [0.29, 0.717) is 11.3 Å². The van der Waals surface area contributed by atoms with E-state index in [1.807, 2.05) is 0 Å². The third-order valence-corrected chi connectivity index (χ3v) is 5.87. The van der Waals surface area contributed by atoms with Crippen molar-refractivity contribution in [3.05, 3.63) is 35.0 Å². The Labute approximate surface area is 161 Å². The number of β-lactam (4-membered cyclic amide) rings is 1. The number of aliphatic carboxylic acids is 1. The van der Waals surface area contributed by atoms with E-state index in [4.69, 9.17) is 5.73 Å². The zero-order valence-electron chi connectivity index (χ0n) is 14.0. The Balaban J connectivity index is 1.80. The molecule has 1 aromatic rings. The summed E-state index contributed by atoms with van der Waals surface area (Å²) in [7, 11) is 1.27. The molecule has 1 aromatic heterocycles. The molecule has 0 saturated carbocycles. The lowest BCUT2D eigenvalue weighted by molar-refractivity contribution is -0.150. The molecule has 1 saturated heterocycles. The number of carboxylic acids is 1. The summed E-state index contributed by atoms with van der Waals surface area (Å²) < 4.78 is 0. The number of nitrogens with two attached hydrogens (primary N) is 1. The minimum absolute atomic E-state index is 0.109. The van der Waals surface area contributed by atoms with E-state index in [1.54, 1.807) is 5.38 Å². The second-order valence-electron chi connectivity index (χ2n) is 5.44. The Morgan fingerprint density at radius 1 is 1.59 bits per heavy atom. The van der Waals surface area contributed by atoms with Gasteiger partial charge >= 0.3 is 5.97 Å². The van der Waals surface area contributed by atoms with E-state index in [-0.39, 0.29) is 22.2 Å². The Bertz CT molecular complexity index is 893. The second kappa shape index (κ2) is 7.40. The number of aromatic nitrogens is 1. The second-order valence-corrected chi connectivity index (χ2v) is 7.43. The molecule has 4 N–H and O–H groups in total. The van der Waals surface area contributed by atoms with Crippen LogP contribution in [0.2, 0.25) is 0 Å². The molecule has 1 fully saturated rings. The van der Waals surface area contributed by atoms with Gasteiger partial charge in [0.25, 0.3) is 11.8 Å². The summed E-state index contributed by atoms with van der Waals surface area (Å²) in [6, 6.07) is -0.888. The lowest BCUT2D eigenvalue weighted by atomic mass is 10.0. The average Bonchev–Trinajstić information content (AvgIpc) is 3.08. The van der Waals surface area contributed by atoms with Gasteiger partial charge in [-0.1, -0.05) is 17.8 Å². The Kier molecular flexibility index (Phi) is 5.19. The number of rotatable bonds is 6. The number of thioether (sulfide) groups is 1. The van der Waals surface area contributed by atoms with Crippen LogP contribution in [-0.2, 0) is 19.2 Å². The van der Waals surface area contributed by atoms with Crippen LogP contribution in [0.4, 0.5) is 5.13 Å². The highest BCUT2D eigenvalue weighted by molar-refractivity contribution is 8.00. The van der Waals surface area contributed by atoms with Crippen molar-refractivity contribution in [1.29, 1.82) is 0 Å². The van der Waals surface area contributed by atoms with Crippen molar-refractivity contribution < 1.29 is 24.3 Å². The lowest BCUT2D eigenvalue weighted by Crippen LogP contribution is -2.71. The molecule has 3 rings (SSSR count). The van der Waals surface area contributed by atoms with Crippen LogP contribution in [0.3, 0.4) is 0 Å². The molecular formula is C15H15N5O5S2. The first-order valence-electron chi connectivity index (χ1n) is 7.56. The highest BCUT2D eigenvalue weighted by Crippen LogP contribution is 2.40. The van der Waals surface area contributed by atoms with E-state index in [1.165, 1.54) is 24.9 Å². The Morgan fingerprint density at radius 2 is 2.33 bits per heavy atom. The predicted molar refractivity (Wildman–Crippen MR) is 100.0 cm³/mol. The Morgan fingerprint density at radius 3 is 2.89 bits per heavy atom. The minimum atomic E-state index is -1.21. The van der Waals surface area contributed by atoms with Gasteiger partial charge in [-0.15, -0.1) is 23.1 Å². The van der Waals surface area contributed by atoms with Gasteiger partial charge in [0.1, 0.15) is 29.9 Å². The molecule has 3 heterocycles. The van der Waals surface area contributed by atoms with Crippen molar-refractivity contribution >= 4 is 51.7 Å². The average molecular weight is 409 g/mol. The number of thiazole rings is 1. The summed E-state index contributed by atoms with van der Waals surface area (Å²) in [4.78, 5) is 46.4. The molecular weight excluding hydrogens is 394 g/mol. The van der Waals surface area contributed by atoms with Crippen LogP contribution < -0.4 is 11.1 Å². The first-order chi connectivity index (χ1) is 12.9. The number of nitrogen functional groups attached to an aromatic ring is 1. The van der Waals surface area contributed by atoms with Crippen molar-refractivity contribution in [2.75, 3.05) is 18.6 Å². The van der Waals surface area contributed by atoms with Crippen molar-refractivity contribution in [2.24, 2.45) is 5.16 Å². The molecule has 0 radical (unpaired) electrons. The highest BCUT2D eigenvalue weighted by atomic mass is 32.2. The number of carbonyl (C=O) groups is 3. The zero-order chi connectivity index (χ0) is 19.7. The van der Waals surface area contributed by atoms with Gasteiger partial charge in [-0.3, -0.25) is 14.5 Å². The number of hydrogen-bond donors (Lipinski definition) is 3. The third kappa shape index (κ3) is 3.28. The standard InChI is InChI=1S/C15H15N5O5S2/c1-3-6-4-26-13-9(12(22)20(13)10(6)14(23)24)18-11(21)8(19-25-2)7-5-27-15(16)17-7/h3,5,9,13H,1,4H2,2H3,(H2,16,17)(H,18,21)(H,23,24)/t9?,13-/m0/s1. The topological polar surface area (TPSA) is 147 Å². The van der Waals surface area contributed by atoms with Gasteiger partial charge in [0.2, 0.25) is 0 Å². The maximum atomic E-state index is 12.6. The fourth-order valence-corrected chi connectivity index (χ4v) is 4.59. The van der Waals surface area contributed by atoms with Crippen LogP contribution >= 0.6 is 23.1 Å². The van der Waals surface area contributed by atoms with Gasteiger partial charge in [-0.05, 0) is 5.57 Å². The van der Waals surface area contributed by atoms with E-state index in [9.17, 15) is 19.5 Å². The number of anilines is 1. The largest absolute Gasteiger partial charge is 0.477 e. The molecule has 12 heteroatoms. The fourth-order valence-electron chi connectivity index (χ4n) is 2.70. The third-order valence-electron chi connectivity index (χ3n) is 3.90. The zero-order valence-corrected chi connectivity index (χ0v) is 15.7. The normalized spacial score (nSPS) is 22.0. The number of allylic oxidation sites excluding steroid dienone is 1. The van der Waals surface area contributed by atoms with E-state index >= 15 is 0 Å². The quantitative estimate of drug-likeness (QED) is 0.338. The smallest absolute Gasteiger partial charge is 0.352 e. The molecule has 142 valence electrons. The van der Waals surface area contributed by atoms with Gasteiger partial charge in [0.15, 0.2) is 10.8 Å². The van der Waals surface area contributed by atoms with E-state index in [0.717, 1.165) is 16.2 Å². The number of nitrogens with zero attached hydrogens (tertiary/aromatic N) is 3. The monoisotopic (exact) mass is 409 g/mol. The molecule has 0 bridgehead atoms. The van der Waals surface area contributed by atoms with Gasteiger partial charge in [0, 0.05) is 11.1 Å². The van der Waals surface area contributed by atoms with Crippen LogP contribution in [-0.4, -0.2) is 62.8 Å². The summed E-state index contributed by atoms with van der Waals surface area (Å²) in [5, 5.41) is 16.9. The number of fused-ring (bicyclic) bond motifs is 1. The number of carbonyl (C=O) groups excluding carboxylic acids is 2. The highest BCUT2D eigenvalue weighted by Gasteiger charge is 2.54. The van der Waals surface area contributed by atoms with Gasteiger partial charge in [0.05, 0.1) is 0 Å². The Hall–Kier alpha value is -2.86. The van der Waals surface area contributed by atoms with Crippen LogP contribution in [0.1, 0.15) is 5.69 Å². The van der Waals surface area contributed by atoms with Crippen molar-refractivity contribution in [3.8, 4) is 0 Å². The minimum Gasteiger partial charge on any atom is -0.477 e. The van der Waals surface area contributed by atoms with Gasteiger partial charge < -0.3 is 21.0 Å². The summed E-state index contributed by atoms with van der Waals surface area (Å²) in [6.45, 7) is 3.58. The number of nitrogens with one attached hydrogen (secondary N) is 1. The molecule has 0 aromatic carbocycles. The number of amides is 2. The molecule has 0 aliphatic carbocycles. The number of carboxylic acid groups (broad SMARTS) is 1. The number of oxime groups is 1. The van der Waals surface area contributed by atoms with Gasteiger partial charge in [-0.2, -0.15) is 0 Å². The first-order valence-corrected chi connectivity index (χ1v) is 9.48. The molecule has 0 spiro atoms. The molecule has 27 heavy (non-hydrogen) atoms. The SMILES string of the molecule is C=CC1=C(C(=O)O)N2C(=O)C(NC(=O)C(=NOC)c3csc(N)n3)[C@@H]2SC1. The number of hydrogen-bond acceptors (Lipinski definition) is 9. The van der Waals surface area contributed by atoms with E-state index in [2.05, 4.69) is 26.9 Å². The maximum Gasteiger partial charge on any atom is 0.352 e. The summed E-state index contributed by atoms with van der Waals surface area (Å²) in [5.74, 6) is -2.04. The molecule has 2 amide bonds. The molecule has 1 unspecified atom stereocenters. The fraction of sp³-hybridized carbons (Fsp3) is 0.267. The van der Waals surface area contributed by atoms with Gasteiger partial charge in [-0.25, -0.2) is 9.78 Å². The maximum absolute atomic E-state index is 12.6. The van der Waals surface area contributed by atoms with Crippen LogP contribution in [0.5, 0.6) is 0 Å². The summed E-state index contributed by atoms with van der Waals surface area (Å²) >= 11 is 2.47. The van der Waals surface area contributed by atoms with E-state index < -0.39 is 29.2 Å². The van der Waals surface area contributed by atoms with Crippen LogP contribution in [0.15, 0.2) is 34.5 Å². The molecule has 10 nitrogen and oxygen atoms in total. The molecule has 2 aliphatic heterocycles. The van der Waals surface area contributed by atoms with Crippen molar-refractivity contribution in [1.82, 2.24) is 15.2 Å². The summed E-state index contributed by atoms with van der Waals surface area (Å²) in [6.07, 6.45) is 1.42. The lowest BCUT2D eigenvalue weighted by Gasteiger charge is -2.49. The van der Waals surface area contributed by atoms with Crippen LogP contribution in [0, 0.1) is 0 Å². The molecule has 2 atom stereocenters. The first kappa shape index (κ1) is 18.9.